The van der Waals surface area contributed by atoms with Crippen LogP contribution >= 0.6 is 11.8 Å². The van der Waals surface area contributed by atoms with Gasteiger partial charge in [0.25, 0.3) is 0 Å². The van der Waals surface area contributed by atoms with E-state index in [4.69, 9.17) is 0 Å². The lowest BCUT2D eigenvalue weighted by Gasteiger charge is -2.38. The van der Waals surface area contributed by atoms with Crippen LogP contribution in [0.1, 0.15) is 43.4 Å². The van der Waals surface area contributed by atoms with Gasteiger partial charge in [0, 0.05) is 20.9 Å². The number of carbonyl (C=O) groups is 1. The van der Waals surface area contributed by atoms with E-state index in [0.717, 1.165) is 27.2 Å². The molecule has 0 spiro atoms. The van der Waals surface area contributed by atoms with Gasteiger partial charge in [-0.15, -0.1) is 11.8 Å². The van der Waals surface area contributed by atoms with Crippen LogP contribution in [0.25, 0.3) is 5.57 Å². The van der Waals surface area contributed by atoms with Crippen LogP contribution in [0.15, 0.2) is 65.1 Å². The molecule has 2 aliphatic heterocycles. The summed E-state index contributed by atoms with van der Waals surface area (Å²) in [5.74, 6) is -0.938. The number of hydrogen-bond donors (Lipinski definition) is 1. The van der Waals surface area contributed by atoms with Crippen molar-refractivity contribution in [3.05, 3.63) is 82.7 Å². The number of aliphatic hydroxyl groups excluding tert-OH is 1. The van der Waals surface area contributed by atoms with Crippen LogP contribution in [-0.2, 0) is 9.31 Å². The Hall–Kier alpha value is -2.41. The molecule has 0 aliphatic carbocycles. The number of rotatable bonds is 3. The van der Waals surface area contributed by atoms with E-state index in [1.165, 1.54) is 10.6 Å². The average Bonchev–Trinajstić information content (AvgIpc) is 2.71. The monoisotopic (exact) mass is 440 g/mol. The zero-order chi connectivity index (χ0) is 22.3. The number of fused-ring (bicyclic) bond motifs is 1. The number of aryl methyl sites for hydroxylation is 1. The second-order valence-electron chi connectivity index (χ2n) is 8.52. The number of cyclic esters (lactones) is 1. The smallest absolute Gasteiger partial charge is 0.523 e. The van der Waals surface area contributed by atoms with Gasteiger partial charge in [0.1, 0.15) is 12.2 Å². The predicted molar refractivity (Wildman–Crippen MR) is 118 cm³/mol. The summed E-state index contributed by atoms with van der Waals surface area (Å²) in [5, 5.41) is 22.1. The summed E-state index contributed by atoms with van der Waals surface area (Å²) in [5.41, 5.74) is 4.45. The van der Waals surface area contributed by atoms with Crippen LogP contribution in [0, 0.1) is 12.7 Å². The molecule has 2 aromatic rings. The number of benzene rings is 2. The first kappa shape index (κ1) is 21.8. The Kier molecular flexibility index (Phi) is 5.81. The molecule has 2 aliphatic rings. The van der Waals surface area contributed by atoms with E-state index in [0.29, 0.717) is 5.56 Å². The molecule has 1 N–H and O–H groups in total. The Morgan fingerprint density at radius 1 is 1.26 bits per heavy atom. The van der Waals surface area contributed by atoms with E-state index in [-0.39, 0.29) is 23.4 Å². The maximum atomic E-state index is 14.0. The van der Waals surface area contributed by atoms with Gasteiger partial charge >= 0.3 is 5.97 Å². The minimum atomic E-state index is -0.831. The normalized spacial score (nSPS) is 23.4. The fraction of sp³-hybridized carbons (Fsp3) is 0.320. The van der Waals surface area contributed by atoms with E-state index >= 15 is 0 Å². The number of allylic oxidation sites excluding steroid dienone is 1. The molecule has 4 rings (SSSR count). The highest BCUT2D eigenvalue weighted by molar-refractivity contribution is 8.01. The van der Waals surface area contributed by atoms with Gasteiger partial charge in [-0.2, -0.15) is 0 Å². The van der Waals surface area contributed by atoms with E-state index in [2.05, 4.69) is 19.9 Å². The molecule has 0 saturated carbocycles. The van der Waals surface area contributed by atoms with Crippen molar-refractivity contribution >= 4 is 23.3 Å². The molecule has 6 heteroatoms. The lowest BCUT2D eigenvalue weighted by Crippen LogP contribution is -2.47. The van der Waals surface area contributed by atoms with Gasteiger partial charge in [-0.05, 0) is 72.9 Å². The summed E-state index contributed by atoms with van der Waals surface area (Å²) in [6, 6.07) is 13.2. The second-order valence-corrected chi connectivity index (χ2v) is 10.2. The van der Waals surface area contributed by atoms with Crippen molar-refractivity contribution in [3.63, 3.8) is 0 Å². The van der Waals surface area contributed by atoms with Crippen molar-refractivity contribution in [1.82, 2.24) is 0 Å². The van der Waals surface area contributed by atoms with Gasteiger partial charge in [-0.25, -0.2) is 4.39 Å². The molecule has 1 saturated heterocycles. The van der Waals surface area contributed by atoms with Gasteiger partial charge in [0.15, 0.2) is 6.10 Å². The van der Waals surface area contributed by atoms with Crippen LogP contribution in [0.3, 0.4) is 0 Å². The van der Waals surface area contributed by atoms with Gasteiger partial charge in [-0.1, -0.05) is 30.3 Å². The van der Waals surface area contributed by atoms with Gasteiger partial charge in [0.2, 0.25) is 0 Å². The third kappa shape index (κ3) is 4.20. The van der Waals surface area contributed by atoms with Gasteiger partial charge < -0.3 is 14.9 Å². The molecule has 2 heterocycles. The molecular weight excluding hydrogens is 415 g/mol. The highest BCUT2D eigenvalue weighted by Crippen LogP contribution is 2.51. The standard InChI is InChI=1S/C25H25FO4S/c1-15-12-16(8-11-21(15)26)24-19-6-4-5-7-22(19)31-25(2,3)20(24)10-9-18-13-17(27)14-23(28)30(18)29/h4-12,17-18,27H,13-14H2,1-3H3/t17-,18-/m0/s1. The molecular formula is C25H25FO4S. The Morgan fingerprint density at radius 3 is 2.74 bits per heavy atom. The van der Waals surface area contributed by atoms with Crippen molar-refractivity contribution in [2.24, 2.45) is 0 Å². The molecule has 31 heavy (non-hydrogen) atoms. The van der Waals surface area contributed by atoms with Crippen molar-refractivity contribution in [3.8, 4) is 0 Å². The van der Waals surface area contributed by atoms with Crippen molar-refractivity contribution in [2.75, 3.05) is 0 Å². The zero-order valence-electron chi connectivity index (χ0n) is 17.7. The first-order valence-electron chi connectivity index (χ1n) is 10.3. The van der Waals surface area contributed by atoms with Crippen LogP contribution in [0.2, 0.25) is 0 Å². The summed E-state index contributed by atoms with van der Waals surface area (Å²) in [6.07, 6.45) is 1.94. The highest BCUT2D eigenvalue weighted by atomic mass is 32.2. The van der Waals surface area contributed by atoms with E-state index in [1.54, 1.807) is 30.8 Å². The number of thioether (sulfide) groups is 1. The maximum absolute atomic E-state index is 14.0. The van der Waals surface area contributed by atoms with Crippen molar-refractivity contribution < 1.29 is 24.1 Å². The minimum absolute atomic E-state index is 0.171. The van der Waals surface area contributed by atoms with Gasteiger partial charge in [-0.3, -0.25) is 0 Å². The first-order valence-corrected chi connectivity index (χ1v) is 11.1. The third-order valence-corrected chi connectivity index (χ3v) is 7.08. The fourth-order valence-electron chi connectivity index (χ4n) is 4.17. The lowest BCUT2D eigenvalue weighted by molar-refractivity contribution is -0.770. The molecule has 0 amide bonds. The zero-order valence-corrected chi connectivity index (χ0v) is 18.5. The van der Waals surface area contributed by atoms with Crippen LogP contribution < -0.4 is 5.26 Å². The second kappa shape index (κ2) is 8.26. The lowest BCUT2D eigenvalue weighted by atomic mass is 9.85. The molecule has 4 nitrogen and oxygen atoms in total. The van der Waals surface area contributed by atoms with Gasteiger partial charge in [0.05, 0.1) is 6.10 Å². The molecule has 0 bridgehead atoms. The summed E-state index contributed by atoms with van der Waals surface area (Å²) in [6.45, 7) is 5.95. The average molecular weight is 441 g/mol. The molecule has 2 atom stereocenters. The third-order valence-electron chi connectivity index (χ3n) is 5.77. The molecule has 0 radical (unpaired) electrons. The Bertz CT molecular complexity index is 1090. The van der Waals surface area contributed by atoms with Crippen molar-refractivity contribution in [2.45, 2.75) is 55.5 Å². The summed E-state index contributed by atoms with van der Waals surface area (Å²) in [7, 11) is 0. The SMILES string of the molecule is Cc1cc(C2=C(C=C[C@H]3C[C@H](O)CC(=O)[O+]3[O-])C(C)(C)Sc3ccccc32)ccc1F. The molecule has 1 fully saturated rings. The molecule has 0 unspecified atom stereocenters. The number of hydrogen-bond acceptors (Lipinski definition) is 4. The Morgan fingerprint density at radius 2 is 2.00 bits per heavy atom. The van der Waals surface area contributed by atoms with Crippen molar-refractivity contribution in [1.29, 1.82) is 0 Å². The van der Waals surface area contributed by atoms with Crippen LogP contribution in [-0.4, -0.2) is 28.0 Å². The number of carbonyl (C=O) groups excluding carboxylic acids is 1. The number of halogens is 1. The predicted octanol–water partition coefficient (Wildman–Crippen LogP) is 4.25. The Labute approximate surface area is 185 Å². The molecule has 162 valence electrons. The maximum Gasteiger partial charge on any atom is 0.523 e. The van der Waals surface area contributed by atoms with Crippen LogP contribution in [0.4, 0.5) is 4.39 Å². The summed E-state index contributed by atoms with van der Waals surface area (Å²) in [4.78, 5) is 13.0. The highest BCUT2D eigenvalue weighted by Gasteiger charge is 2.36. The largest absolute Gasteiger partial charge is 0.593 e. The molecule has 0 aromatic heterocycles. The molecule has 2 aromatic carbocycles. The quantitative estimate of drug-likeness (QED) is 0.440. The van der Waals surface area contributed by atoms with E-state index < -0.39 is 18.2 Å². The first-order chi connectivity index (χ1) is 14.7. The van der Waals surface area contributed by atoms with E-state index in [1.807, 2.05) is 30.3 Å². The van der Waals surface area contributed by atoms with E-state index in [9.17, 15) is 19.5 Å². The topological polar surface area (TPSA) is 63.1 Å². The Balaban J connectivity index is 1.88. The summed E-state index contributed by atoms with van der Waals surface area (Å²) < 4.78 is 15.0. The minimum Gasteiger partial charge on any atom is -0.593 e. The number of aliphatic hydroxyl groups is 1. The summed E-state index contributed by atoms with van der Waals surface area (Å²) >= 11 is 1.72. The van der Waals surface area contributed by atoms with Crippen LogP contribution in [0.5, 0.6) is 0 Å². The fourth-order valence-corrected chi connectivity index (χ4v) is 5.43.